The van der Waals surface area contributed by atoms with Gasteiger partial charge < -0.3 is 10.6 Å². The second-order valence-corrected chi connectivity index (χ2v) is 6.24. The molecule has 1 aromatic carbocycles. The van der Waals surface area contributed by atoms with E-state index < -0.39 is 0 Å². The van der Waals surface area contributed by atoms with Gasteiger partial charge in [-0.1, -0.05) is 35.4 Å². The lowest BCUT2D eigenvalue weighted by Crippen LogP contribution is -2.49. The molecule has 0 radical (unpaired) electrons. The molecule has 22 heavy (non-hydrogen) atoms. The van der Waals surface area contributed by atoms with Crippen LogP contribution in [0.15, 0.2) is 52.7 Å². The first-order valence-electron chi connectivity index (χ1n) is 7.88. The van der Waals surface area contributed by atoms with Crippen LogP contribution in [-0.4, -0.2) is 60.7 Å². The van der Waals surface area contributed by atoms with E-state index in [2.05, 4.69) is 51.5 Å². The molecule has 2 aliphatic rings. The Morgan fingerprint density at radius 2 is 1.86 bits per heavy atom. The molecule has 0 spiro atoms. The summed E-state index contributed by atoms with van der Waals surface area (Å²) in [6.07, 6.45) is 1.98. The number of benzene rings is 1. The van der Waals surface area contributed by atoms with E-state index in [1.165, 1.54) is 5.56 Å². The molecule has 6 nitrogen and oxygen atoms in total. The summed E-state index contributed by atoms with van der Waals surface area (Å²) >= 11 is 0. The third-order valence-electron chi connectivity index (χ3n) is 4.41. The largest absolute Gasteiger partial charge is 0.378 e. The van der Waals surface area contributed by atoms with Gasteiger partial charge >= 0.3 is 0 Å². The minimum absolute atomic E-state index is 0.474. The normalized spacial score (nSPS) is 26.3. The van der Waals surface area contributed by atoms with Crippen molar-refractivity contribution in [1.29, 1.82) is 0 Å². The second kappa shape index (κ2) is 6.56. The van der Waals surface area contributed by atoms with E-state index in [-0.39, 0.29) is 0 Å². The van der Waals surface area contributed by atoms with Crippen molar-refractivity contribution in [2.45, 2.75) is 6.54 Å². The number of likely N-dealkylation sites (N-methyl/N-ethyl adjacent to an activating group) is 1. The lowest BCUT2D eigenvalue weighted by molar-refractivity contribution is -0.900. The molecule has 0 amide bonds. The maximum absolute atomic E-state index is 5.86. The Morgan fingerprint density at radius 1 is 1.14 bits per heavy atom. The Hall–Kier alpha value is -1.76. The minimum Gasteiger partial charge on any atom is -0.378 e. The predicted molar refractivity (Wildman–Crippen MR) is 86.3 cm³/mol. The van der Waals surface area contributed by atoms with Crippen molar-refractivity contribution < 1.29 is 4.59 Å². The predicted octanol–water partition coefficient (Wildman–Crippen LogP) is 1.39. The van der Waals surface area contributed by atoms with E-state index in [4.69, 9.17) is 5.73 Å². The van der Waals surface area contributed by atoms with Gasteiger partial charge in [0.05, 0.1) is 6.54 Å². The van der Waals surface area contributed by atoms with Crippen molar-refractivity contribution in [2.75, 3.05) is 46.3 Å². The lowest BCUT2D eigenvalue weighted by Gasteiger charge is -2.34. The molecule has 118 valence electrons. The van der Waals surface area contributed by atoms with Crippen LogP contribution < -0.4 is 5.73 Å². The van der Waals surface area contributed by atoms with Crippen molar-refractivity contribution in [3.8, 4) is 0 Å². The van der Waals surface area contributed by atoms with Gasteiger partial charge in [0, 0.05) is 37.0 Å². The van der Waals surface area contributed by atoms with Crippen LogP contribution in [0.1, 0.15) is 5.56 Å². The molecular weight excluding hydrogens is 276 g/mol. The summed E-state index contributed by atoms with van der Waals surface area (Å²) in [6, 6.07) is 10.4. The number of rotatable bonds is 5. The quantitative estimate of drug-likeness (QED) is 0.836. The first-order chi connectivity index (χ1) is 10.7. The standard InChI is InChI=1S/C16H25N6/c1-20-7-9-21(10-8-20)11-12-22(14-16(17)18-19-22)13-15-5-3-2-4-6-15/h2-6,14H,7-13,17H2,1H3/q+1. The molecule has 0 aromatic heterocycles. The third-order valence-corrected chi connectivity index (χ3v) is 4.41. The smallest absolute Gasteiger partial charge is 0.207 e. The Morgan fingerprint density at radius 3 is 2.50 bits per heavy atom. The monoisotopic (exact) mass is 301 g/mol. The average molecular weight is 301 g/mol. The van der Waals surface area contributed by atoms with Crippen LogP contribution >= 0.6 is 0 Å². The van der Waals surface area contributed by atoms with E-state index in [9.17, 15) is 0 Å². The first-order valence-corrected chi connectivity index (χ1v) is 7.88. The molecule has 1 atom stereocenters. The molecule has 0 aliphatic carbocycles. The van der Waals surface area contributed by atoms with Gasteiger partial charge in [0.2, 0.25) is 5.82 Å². The topological polar surface area (TPSA) is 57.2 Å². The van der Waals surface area contributed by atoms with Gasteiger partial charge in [0.25, 0.3) is 0 Å². The summed E-state index contributed by atoms with van der Waals surface area (Å²) in [5.74, 6) is 0.523. The maximum Gasteiger partial charge on any atom is 0.207 e. The van der Waals surface area contributed by atoms with E-state index in [0.717, 1.165) is 45.8 Å². The number of quaternary nitrogens is 1. The van der Waals surface area contributed by atoms with Crippen molar-refractivity contribution >= 4 is 0 Å². The first kappa shape index (κ1) is 15.1. The van der Waals surface area contributed by atoms with Gasteiger partial charge in [-0.2, -0.15) is 0 Å². The summed E-state index contributed by atoms with van der Waals surface area (Å²) in [6.45, 7) is 7.25. The number of hydrogen-bond acceptors (Lipinski definition) is 5. The SMILES string of the molecule is CN1CCN(CC[N+]2(Cc3ccccc3)C=C(N)N=N2)CC1. The molecule has 2 aliphatic heterocycles. The molecule has 6 heteroatoms. The zero-order valence-electron chi connectivity index (χ0n) is 13.2. The number of piperazine rings is 1. The zero-order valence-corrected chi connectivity index (χ0v) is 13.2. The van der Waals surface area contributed by atoms with Crippen LogP contribution in [0.5, 0.6) is 0 Å². The van der Waals surface area contributed by atoms with Gasteiger partial charge in [-0.3, -0.25) is 4.90 Å². The highest BCUT2D eigenvalue weighted by atomic mass is 15.7. The minimum atomic E-state index is 0.474. The van der Waals surface area contributed by atoms with E-state index in [0.29, 0.717) is 10.4 Å². The van der Waals surface area contributed by atoms with E-state index >= 15 is 0 Å². The fourth-order valence-electron chi connectivity index (χ4n) is 2.99. The Kier molecular flexibility index (Phi) is 4.52. The van der Waals surface area contributed by atoms with Gasteiger partial charge in [0.15, 0.2) is 6.20 Å². The van der Waals surface area contributed by atoms with Crippen LogP contribution in [-0.2, 0) is 6.54 Å². The van der Waals surface area contributed by atoms with Crippen molar-refractivity contribution in [3.05, 3.63) is 47.9 Å². The highest BCUT2D eigenvalue weighted by Gasteiger charge is 2.32. The van der Waals surface area contributed by atoms with E-state index in [1.54, 1.807) is 0 Å². The summed E-state index contributed by atoms with van der Waals surface area (Å²) in [5.41, 5.74) is 7.11. The van der Waals surface area contributed by atoms with Crippen molar-refractivity contribution in [1.82, 2.24) is 9.80 Å². The number of hydrogen-bond donors (Lipinski definition) is 1. The Bertz CT molecular complexity index is 547. The molecule has 3 rings (SSSR count). The molecule has 1 fully saturated rings. The van der Waals surface area contributed by atoms with Crippen LogP contribution in [0.25, 0.3) is 0 Å². The zero-order chi connectivity index (χ0) is 15.4. The highest BCUT2D eigenvalue weighted by molar-refractivity contribution is 5.13. The van der Waals surface area contributed by atoms with Crippen molar-refractivity contribution in [2.24, 2.45) is 16.1 Å². The summed E-state index contributed by atoms with van der Waals surface area (Å²) < 4.78 is 0.474. The lowest BCUT2D eigenvalue weighted by atomic mass is 10.2. The van der Waals surface area contributed by atoms with Gasteiger partial charge in [-0.05, 0) is 7.05 Å². The second-order valence-electron chi connectivity index (χ2n) is 6.24. The molecule has 1 unspecified atom stereocenters. The summed E-state index contributed by atoms with van der Waals surface area (Å²) in [7, 11) is 2.18. The van der Waals surface area contributed by atoms with Crippen LogP contribution in [0.3, 0.4) is 0 Å². The molecule has 2 heterocycles. The molecule has 0 saturated carbocycles. The molecular formula is C16H25N6+. The van der Waals surface area contributed by atoms with Gasteiger partial charge in [-0.25, -0.2) is 0 Å². The molecule has 1 aromatic rings. The fraction of sp³-hybridized carbons (Fsp3) is 0.500. The fourth-order valence-corrected chi connectivity index (χ4v) is 2.99. The van der Waals surface area contributed by atoms with Crippen molar-refractivity contribution in [3.63, 3.8) is 0 Å². The highest BCUT2D eigenvalue weighted by Crippen LogP contribution is 2.23. The number of nitrogens with two attached hydrogens (primary N) is 1. The summed E-state index contributed by atoms with van der Waals surface area (Å²) in [5, 5.41) is 8.52. The summed E-state index contributed by atoms with van der Waals surface area (Å²) in [4.78, 5) is 4.88. The maximum atomic E-state index is 5.86. The van der Waals surface area contributed by atoms with Crippen LogP contribution in [0, 0.1) is 0 Å². The Labute approximate surface area is 132 Å². The van der Waals surface area contributed by atoms with Gasteiger partial charge in [-0.15, -0.1) is 4.59 Å². The van der Waals surface area contributed by atoms with Crippen LogP contribution in [0.2, 0.25) is 0 Å². The average Bonchev–Trinajstić information content (AvgIpc) is 2.89. The molecule has 0 bridgehead atoms. The van der Waals surface area contributed by atoms with E-state index in [1.807, 2.05) is 12.3 Å². The number of nitrogens with zero attached hydrogens (tertiary/aromatic N) is 5. The van der Waals surface area contributed by atoms with Gasteiger partial charge in [0.1, 0.15) is 13.1 Å². The third kappa shape index (κ3) is 3.71. The Balaban J connectivity index is 1.64. The molecule has 1 saturated heterocycles. The van der Waals surface area contributed by atoms with Crippen LogP contribution in [0.4, 0.5) is 0 Å². The molecule has 2 N–H and O–H groups in total.